The lowest BCUT2D eigenvalue weighted by Crippen LogP contribution is -1.80. The molecule has 1 radical (unpaired) electrons. The van der Waals surface area contributed by atoms with Gasteiger partial charge in [-0.15, -0.1) is 0 Å². The topological polar surface area (TPSA) is 12.9 Å². The number of rotatable bonds is 1. The molecule has 0 saturated carbocycles. The molecule has 2 heteroatoms. The molecular weight excluding hydrogens is 129 g/mol. The Morgan fingerprint density at radius 3 is 2.80 bits per heavy atom. The largest absolute Gasteiger partial charge is 0.228 e. The predicted molar refractivity (Wildman–Crippen MR) is 38.6 cm³/mol. The van der Waals surface area contributed by atoms with Gasteiger partial charge >= 0.3 is 0 Å². The Labute approximate surface area is 59.2 Å². The van der Waals surface area contributed by atoms with Crippen LogP contribution in [0.1, 0.15) is 5.56 Å². The number of halogens is 1. The smallest absolute Gasteiger partial charge is 0.212 e. The SMILES string of the molecule is [CH2]C=Cc1ccc(F)nc1. The maximum atomic E-state index is 12.2. The fourth-order valence-electron chi connectivity index (χ4n) is 0.622. The molecule has 1 aromatic heterocycles. The van der Waals surface area contributed by atoms with Crippen molar-refractivity contribution < 1.29 is 4.39 Å². The first-order valence-corrected chi connectivity index (χ1v) is 2.90. The molecule has 0 spiro atoms. The van der Waals surface area contributed by atoms with Crippen LogP contribution in [0.15, 0.2) is 24.4 Å². The molecule has 0 N–H and O–H groups in total. The lowest BCUT2D eigenvalue weighted by Gasteiger charge is -1.89. The van der Waals surface area contributed by atoms with Crippen LogP contribution in [0.5, 0.6) is 0 Å². The Morgan fingerprint density at radius 2 is 2.30 bits per heavy atom. The molecule has 1 aromatic rings. The van der Waals surface area contributed by atoms with Crippen LogP contribution in [0.4, 0.5) is 4.39 Å². The van der Waals surface area contributed by atoms with Crippen LogP contribution in [0, 0.1) is 12.9 Å². The van der Waals surface area contributed by atoms with Crippen LogP contribution in [0.2, 0.25) is 0 Å². The summed E-state index contributed by atoms with van der Waals surface area (Å²) in [6.45, 7) is 3.50. The van der Waals surface area contributed by atoms with Crippen molar-refractivity contribution in [1.82, 2.24) is 4.98 Å². The average Bonchev–Trinajstić information content (AvgIpc) is 1.95. The Hall–Kier alpha value is -1.18. The summed E-state index contributed by atoms with van der Waals surface area (Å²) in [5.74, 6) is -0.457. The van der Waals surface area contributed by atoms with Crippen molar-refractivity contribution in [2.24, 2.45) is 0 Å². The van der Waals surface area contributed by atoms with Crippen molar-refractivity contribution in [3.8, 4) is 0 Å². The zero-order chi connectivity index (χ0) is 7.40. The summed E-state index contributed by atoms with van der Waals surface area (Å²) in [6.07, 6.45) is 4.85. The minimum atomic E-state index is -0.457. The lowest BCUT2D eigenvalue weighted by molar-refractivity contribution is 0.583. The standard InChI is InChI=1S/C8H7FN/c1-2-3-7-4-5-8(9)10-6-7/h2-6H,1H2. The highest BCUT2D eigenvalue weighted by Gasteiger charge is 1.87. The molecule has 0 fully saturated rings. The minimum Gasteiger partial charge on any atom is -0.228 e. The Morgan fingerprint density at radius 1 is 1.50 bits per heavy atom. The summed E-state index contributed by atoms with van der Waals surface area (Å²) in [6, 6.07) is 2.96. The van der Waals surface area contributed by atoms with Crippen LogP contribution in [0.25, 0.3) is 6.08 Å². The van der Waals surface area contributed by atoms with Gasteiger partial charge in [-0.3, -0.25) is 0 Å². The highest BCUT2D eigenvalue weighted by molar-refractivity contribution is 5.47. The van der Waals surface area contributed by atoms with Crippen molar-refractivity contribution >= 4 is 6.08 Å². The van der Waals surface area contributed by atoms with E-state index in [0.29, 0.717) is 0 Å². The van der Waals surface area contributed by atoms with Gasteiger partial charge in [0.05, 0.1) is 0 Å². The van der Waals surface area contributed by atoms with Gasteiger partial charge in [0.25, 0.3) is 0 Å². The molecule has 1 heterocycles. The molecule has 1 nitrogen and oxygen atoms in total. The molecule has 0 saturated heterocycles. The molecule has 0 aliphatic carbocycles. The molecule has 0 unspecified atom stereocenters. The van der Waals surface area contributed by atoms with Crippen LogP contribution in [0.3, 0.4) is 0 Å². The second kappa shape index (κ2) is 3.11. The maximum absolute atomic E-state index is 12.2. The van der Waals surface area contributed by atoms with Crippen LogP contribution < -0.4 is 0 Å². The van der Waals surface area contributed by atoms with E-state index in [4.69, 9.17) is 0 Å². The quantitative estimate of drug-likeness (QED) is 0.538. The summed E-state index contributed by atoms with van der Waals surface area (Å²) in [4.78, 5) is 3.45. The molecular formula is C8H7FN. The molecule has 51 valence electrons. The van der Waals surface area contributed by atoms with Crippen molar-refractivity contribution in [2.75, 3.05) is 0 Å². The molecule has 0 amide bonds. The van der Waals surface area contributed by atoms with Gasteiger partial charge in [-0.1, -0.05) is 12.2 Å². The third-order valence-corrected chi connectivity index (χ3v) is 1.06. The van der Waals surface area contributed by atoms with E-state index < -0.39 is 5.95 Å². The number of aromatic nitrogens is 1. The Kier molecular flexibility index (Phi) is 2.15. The maximum Gasteiger partial charge on any atom is 0.212 e. The van der Waals surface area contributed by atoms with Gasteiger partial charge in [-0.05, 0) is 24.6 Å². The summed E-state index contributed by atoms with van der Waals surface area (Å²) >= 11 is 0. The first kappa shape index (κ1) is 6.93. The van der Waals surface area contributed by atoms with Crippen LogP contribution >= 0.6 is 0 Å². The lowest BCUT2D eigenvalue weighted by atomic mass is 10.3. The zero-order valence-corrected chi connectivity index (χ0v) is 5.42. The predicted octanol–water partition coefficient (Wildman–Crippen LogP) is 2.07. The molecule has 0 aliphatic rings. The normalized spacial score (nSPS) is 10.6. The summed E-state index contributed by atoms with van der Waals surface area (Å²) in [5.41, 5.74) is 0.858. The van der Waals surface area contributed by atoms with Crippen molar-refractivity contribution in [3.63, 3.8) is 0 Å². The fourth-order valence-corrected chi connectivity index (χ4v) is 0.622. The van der Waals surface area contributed by atoms with Gasteiger partial charge in [-0.25, -0.2) is 4.98 Å². The van der Waals surface area contributed by atoms with Crippen LogP contribution in [-0.4, -0.2) is 4.98 Å². The zero-order valence-electron chi connectivity index (χ0n) is 5.42. The van der Waals surface area contributed by atoms with Gasteiger partial charge < -0.3 is 0 Å². The van der Waals surface area contributed by atoms with E-state index in [0.717, 1.165) is 5.56 Å². The van der Waals surface area contributed by atoms with E-state index in [-0.39, 0.29) is 0 Å². The van der Waals surface area contributed by atoms with Gasteiger partial charge in [0.2, 0.25) is 5.95 Å². The number of hydrogen-bond acceptors (Lipinski definition) is 1. The monoisotopic (exact) mass is 136 g/mol. The fraction of sp³-hybridized carbons (Fsp3) is 0. The van der Waals surface area contributed by atoms with Crippen molar-refractivity contribution in [3.05, 3.63) is 42.8 Å². The highest BCUT2D eigenvalue weighted by Crippen LogP contribution is 2.00. The first-order chi connectivity index (χ1) is 4.83. The van der Waals surface area contributed by atoms with Crippen molar-refractivity contribution in [1.29, 1.82) is 0 Å². The molecule has 0 atom stereocenters. The van der Waals surface area contributed by atoms with Gasteiger partial charge in [0.1, 0.15) is 0 Å². The second-order valence-electron chi connectivity index (χ2n) is 1.82. The molecule has 0 aromatic carbocycles. The van der Waals surface area contributed by atoms with Gasteiger partial charge in [-0.2, -0.15) is 4.39 Å². The van der Waals surface area contributed by atoms with Crippen molar-refractivity contribution in [2.45, 2.75) is 0 Å². The van der Waals surface area contributed by atoms with Gasteiger partial charge in [0, 0.05) is 6.20 Å². The summed E-state index contributed by atoms with van der Waals surface area (Å²) < 4.78 is 12.2. The van der Waals surface area contributed by atoms with E-state index in [1.54, 1.807) is 18.2 Å². The third-order valence-electron chi connectivity index (χ3n) is 1.06. The summed E-state index contributed by atoms with van der Waals surface area (Å²) in [7, 11) is 0. The average molecular weight is 136 g/mol. The third kappa shape index (κ3) is 1.65. The van der Waals surface area contributed by atoms with Crippen LogP contribution in [-0.2, 0) is 0 Å². The molecule has 0 bridgehead atoms. The highest BCUT2D eigenvalue weighted by atomic mass is 19.1. The van der Waals surface area contributed by atoms with E-state index in [1.807, 2.05) is 0 Å². The van der Waals surface area contributed by atoms with E-state index in [9.17, 15) is 4.39 Å². The first-order valence-electron chi connectivity index (χ1n) is 2.90. The second-order valence-corrected chi connectivity index (χ2v) is 1.82. The number of allylic oxidation sites excluding steroid dienone is 1. The molecule has 0 aliphatic heterocycles. The number of nitrogens with zero attached hydrogens (tertiary/aromatic N) is 1. The molecule has 1 rings (SSSR count). The molecule has 10 heavy (non-hydrogen) atoms. The van der Waals surface area contributed by atoms with E-state index in [1.165, 1.54) is 12.3 Å². The van der Waals surface area contributed by atoms with Gasteiger partial charge in [0.15, 0.2) is 0 Å². The Bertz CT molecular complexity index is 226. The van der Waals surface area contributed by atoms with E-state index >= 15 is 0 Å². The number of pyridine rings is 1. The number of hydrogen-bond donors (Lipinski definition) is 0. The van der Waals surface area contributed by atoms with E-state index in [2.05, 4.69) is 11.9 Å². The Balaban J connectivity index is 2.89. The minimum absolute atomic E-state index is 0.457. The summed E-state index contributed by atoms with van der Waals surface area (Å²) in [5, 5.41) is 0.